The minimum absolute atomic E-state index is 0.0197. The first-order chi connectivity index (χ1) is 14.1. The maximum Gasteiger partial charge on any atom is 0.255 e. The zero-order valence-corrected chi connectivity index (χ0v) is 16.8. The zero-order chi connectivity index (χ0) is 20.4. The highest BCUT2D eigenvalue weighted by Crippen LogP contribution is 2.23. The second-order valence-electron chi connectivity index (χ2n) is 7.59. The van der Waals surface area contributed by atoms with E-state index in [1.54, 1.807) is 0 Å². The average Bonchev–Trinajstić information content (AvgIpc) is 2.75. The smallest absolute Gasteiger partial charge is 0.255 e. The number of benzene rings is 2. The molecule has 146 valence electrons. The maximum atomic E-state index is 13.2. The van der Waals surface area contributed by atoms with Crippen LogP contribution in [0, 0.1) is 25.2 Å². The Morgan fingerprint density at radius 1 is 1.03 bits per heavy atom. The van der Waals surface area contributed by atoms with Crippen molar-refractivity contribution in [2.45, 2.75) is 19.9 Å². The summed E-state index contributed by atoms with van der Waals surface area (Å²) in [7, 11) is 0. The summed E-state index contributed by atoms with van der Waals surface area (Å²) >= 11 is 0. The Kier molecular flexibility index (Phi) is 5.28. The molecule has 2 heterocycles. The van der Waals surface area contributed by atoms with Crippen LogP contribution in [-0.4, -0.2) is 46.9 Å². The summed E-state index contributed by atoms with van der Waals surface area (Å²) in [4.78, 5) is 21.8. The lowest BCUT2D eigenvalue weighted by atomic mass is 10.0. The molecule has 1 unspecified atom stereocenters. The number of carbonyl (C=O) groups is 1. The number of pyridine rings is 1. The molecule has 0 saturated carbocycles. The molecule has 1 aliphatic heterocycles. The van der Waals surface area contributed by atoms with Gasteiger partial charge in [-0.2, -0.15) is 5.26 Å². The number of nitrogens with zero attached hydrogens (tertiary/aromatic N) is 4. The van der Waals surface area contributed by atoms with Crippen molar-refractivity contribution in [1.29, 1.82) is 5.26 Å². The van der Waals surface area contributed by atoms with Crippen molar-refractivity contribution in [3.63, 3.8) is 0 Å². The molecule has 0 aliphatic carbocycles. The largest absolute Gasteiger partial charge is 0.336 e. The normalized spacial score (nSPS) is 15.8. The number of piperazine rings is 1. The lowest BCUT2D eigenvalue weighted by molar-refractivity contribution is 0.0605. The van der Waals surface area contributed by atoms with E-state index in [1.165, 1.54) is 0 Å². The van der Waals surface area contributed by atoms with E-state index in [0.29, 0.717) is 31.7 Å². The molecule has 0 radical (unpaired) electrons. The topological polar surface area (TPSA) is 60.2 Å². The van der Waals surface area contributed by atoms with Crippen molar-refractivity contribution in [2.24, 2.45) is 0 Å². The van der Waals surface area contributed by atoms with Crippen LogP contribution in [0.1, 0.15) is 33.2 Å². The molecule has 1 aromatic heterocycles. The lowest BCUT2D eigenvalue weighted by Gasteiger charge is -2.37. The van der Waals surface area contributed by atoms with Crippen LogP contribution in [0.3, 0.4) is 0 Å². The van der Waals surface area contributed by atoms with Gasteiger partial charge in [-0.15, -0.1) is 0 Å². The number of rotatable bonds is 3. The molecule has 1 aliphatic rings. The fourth-order valence-electron chi connectivity index (χ4n) is 3.96. The third kappa shape index (κ3) is 3.85. The second-order valence-corrected chi connectivity index (χ2v) is 7.59. The van der Waals surface area contributed by atoms with Crippen molar-refractivity contribution < 1.29 is 4.79 Å². The summed E-state index contributed by atoms with van der Waals surface area (Å²) in [5.74, 6) is 0.0197. The number of fused-ring (bicyclic) bond motifs is 1. The molecule has 1 atom stereocenters. The quantitative estimate of drug-likeness (QED) is 0.688. The van der Waals surface area contributed by atoms with Gasteiger partial charge in [0.15, 0.2) is 0 Å². The van der Waals surface area contributed by atoms with Crippen molar-refractivity contribution in [3.8, 4) is 6.07 Å². The van der Waals surface area contributed by atoms with E-state index in [1.807, 2.05) is 67.3 Å². The van der Waals surface area contributed by atoms with Crippen LogP contribution in [0.2, 0.25) is 0 Å². The molecule has 5 nitrogen and oxygen atoms in total. The number of carbonyl (C=O) groups excluding carboxylic acids is 1. The van der Waals surface area contributed by atoms with Gasteiger partial charge < -0.3 is 4.90 Å². The van der Waals surface area contributed by atoms with Gasteiger partial charge in [0.05, 0.1) is 22.8 Å². The highest BCUT2D eigenvalue weighted by molar-refractivity contribution is 5.98. The van der Waals surface area contributed by atoms with E-state index >= 15 is 0 Å². The predicted octanol–water partition coefficient (Wildman–Crippen LogP) is 3.87. The fraction of sp³-hybridized carbons (Fsp3) is 0.292. The summed E-state index contributed by atoms with van der Waals surface area (Å²) in [5, 5.41) is 10.7. The summed E-state index contributed by atoms with van der Waals surface area (Å²) in [6, 6.07) is 20.0. The highest BCUT2D eigenvalue weighted by atomic mass is 16.2. The van der Waals surface area contributed by atoms with Gasteiger partial charge in [0.2, 0.25) is 0 Å². The fourth-order valence-corrected chi connectivity index (χ4v) is 3.96. The molecule has 0 N–H and O–H groups in total. The predicted molar refractivity (Wildman–Crippen MR) is 113 cm³/mol. The minimum atomic E-state index is -0.277. The molecular weight excluding hydrogens is 360 g/mol. The average molecular weight is 384 g/mol. The van der Waals surface area contributed by atoms with Crippen molar-refractivity contribution >= 4 is 16.8 Å². The number of hydrogen-bond donors (Lipinski definition) is 0. The molecule has 1 amide bonds. The first kappa shape index (κ1) is 19.1. The van der Waals surface area contributed by atoms with E-state index < -0.39 is 0 Å². The first-order valence-electron chi connectivity index (χ1n) is 9.93. The van der Waals surface area contributed by atoms with Gasteiger partial charge >= 0.3 is 0 Å². The van der Waals surface area contributed by atoms with E-state index in [2.05, 4.69) is 22.0 Å². The Bertz CT molecular complexity index is 1080. The maximum absolute atomic E-state index is 13.2. The molecule has 4 rings (SSSR count). The van der Waals surface area contributed by atoms with Crippen LogP contribution in [0.4, 0.5) is 0 Å². The monoisotopic (exact) mass is 384 g/mol. The summed E-state index contributed by atoms with van der Waals surface area (Å²) in [6.45, 7) is 6.50. The molecule has 1 fully saturated rings. The van der Waals surface area contributed by atoms with Crippen LogP contribution < -0.4 is 0 Å². The van der Waals surface area contributed by atoms with Gasteiger partial charge in [-0.1, -0.05) is 42.0 Å². The van der Waals surface area contributed by atoms with Crippen LogP contribution in [0.5, 0.6) is 0 Å². The standard InChI is InChI=1S/C24H24N4O/c1-17-8-9-22-20(14-17)15-21(18(2)26-22)24(29)28-12-10-27(11-13-28)23(16-25)19-6-4-3-5-7-19/h3-9,14-15,23H,10-13H2,1-2H3. The number of hydrogen-bond acceptors (Lipinski definition) is 4. The molecular formula is C24H24N4O. The molecule has 1 saturated heterocycles. The number of aromatic nitrogens is 1. The van der Waals surface area contributed by atoms with Crippen molar-refractivity contribution in [2.75, 3.05) is 26.2 Å². The first-order valence-corrected chi connectivity index (χ1v) is 9.93. The van der Waals surface area contributed by atoms with Crippen LogP contribution in [0.15, 0.2) is 54.6 Å². The number of aryl methyl sites for hydroxylation is 2. The molecule has 29 heavy (non-hydrogen) atoms. The Morgan fingerprint density at radius 2 is 1.76 bits per heavy atom. The summed E-state index contributed by atoms with van der Waals surface area (Å²) in [6.07, 6.45) is 0. The Hall–Kier alpha value is -3.23. The van der Waals surface area contributed by atoms with Gasteiger partial charge in [0, 0.05) is 31.6 Å². The molecule has 3 aromatic rings. The Morgan fingerprint density at radius 3 is 2.45 bits per heavy atom. The van der Waals surface area contributed by atoms with Gasteiger partial charge in [-0.25, -0.2) is 0 Å². The van der Waals surface area contributed by atoms with E-state index in [4.69, 9.17) is 0 Å². The van der Waals surface area contributed by atoms with Crippen LogP contribution in [0.25, 0.3) is 10.9 Å². The lowest BCUT2D eigenvalue weighted by Crippen LogP contribution is -2.49. The summed E-state index contributed by atoms with van der Waals surface area (Å²) < 4.78 is 0. The Labute approximate surface area is 171 Å². The van der Waals surface area contributed by atoms with Crippen molar-refractivity contribution in [1.82, 2.24) is 14.8 Å². The van der Waals surface area contributed by atoms with Gasteiger partial charge in [-0.05, 0) is 37.6 Å². The van der Waals surface area contributed by atoms with Crippen molar-refractivity contribution in [3.05, 3.63) is 77.0 Å². The van der Waals surface area contributed by atoms with Gasteiger partial charge in [-0.3, -0.25) is 14.7 Å². The molecule has 0 spiro atoms. The Balaban J connectivity index is 1.50. The third-order valence-corrected chi connectivity index (χ3v) is 5.60. The SMILES string of the molecule is Cc1ccc2nc(C)c(C(=O)N3CCN(C(C#N)c4ccccc4)CC3)cc2c1. The van der Waals surface area contributed by atoms with Gasteiger partial charge in [0.1, 0.15) is 6.04 Å². The molecule has 5 heteroatoms. The minimum Gasteiger partial charge on any atom is -0.336 e. The molecule has 2 aromatic carbocycles. The molecule has 0 bridgehead atoms. The van der Waals surface area contributed by atoms with Crippen LogP contribution >= 0.6 is 0 Å². The zero-order valence-electron chi connectivity index (χ0n) is 16.8. The van der Waals surface area contributed by atoms with Gasteiger partial charge in [0.25, 0.3) is 5.91 Å². The highest BCUT2D eigenvalue weighted by Gasteiger charge is 2.28. The number of nitriles is 1. The number of amides is 1. The van der Waals surface area contributed by atoms with Crippen LogP contribution in [-0.2, 0) is 0 Å². The van der Waals surface area contributed by atoms with E-state index in [0.717, 1.165) is 27.7 Å². The second kappa shape index (κ2) is 8.02. The third-order valence-electron chi connectivity index (χ3n) is 5.60. The van der Waals surface area contributed by atoms with E-state index in [-0.39, 0.29) is 11.9 Å². The van der Waals surface area contributed by atoms with E-state index in [9.17, 15) is 10.1 Å². The summed E-state index contributed by atoms with van der Waals surface area (Å²) in [5.41, 5.74) is 4.48.